The van der Waals surface area contributed by atoms with Crippen molar-refractivity contribution < 1.29 is 31.5 Å². The predicted octanol–water partition coefficient (Wildman–Crippen LogP) is 5.84. The van der Waals surface area contributed by atoms with Gasteiger partial charge < -0.3 is 14.5 Å². The van der Waals surface area contributed by atoms with Gasteiger partial charge >= 0.3 is 0 Å². The molecule has 0 spiro atoms. The lowest BCUT2D eigenvalue weighted by atomic mass is 10.1. The second-order valence-corrected chi connectivity index (χ2v) is 7.57. The van der Waals surface area contributed by atoms with Crippen molar-refractivity contribution in [2.75, 3.05) is 12.4 Å². The summed E-state index contributed by atoms with van der Waals surface area (Å²) >= 11 is 11.2. The van der Waals surface area contributed by atoms with E-state index in [2.05, 4.69) is 15.0 Å². The van der Waals surface area contributed by atoms with Crippen molar-refractivity contribution in [3.05, 3.63) is 76.3 Å². The number of methoxy groups -OCH3 is 1. The van der Waals surface area contributed by atoms with Crippen LogP contribution >= 0.6 is 23.8 Å². The Kier molecular flexibility index (Phi) is 6.40. The van der Waals surface area contributed by atoms with Gasteiger partial charge in [0.25, 0.3) is 5.91 Å². The van der Waals surface area contributed by atoms with E-state index in [0.717, 1.165) is 7.11 Å². The van der Waals surface area contributed by atoms with Crippen molar-refractivity contribution in [2.45, 2.75) is 0 Å². The number of anilines is 1. The van der Waals surface area contributed by atoms with Crippen molar-refractivity contribution in [1.82, 2.24) is 10.3 Å². The van der Waals surface area contributed by atoms with E-state index in [4.69, 9.17) is 28.2 Å². The number of benzene rings is 3. The van der Waals surface area contributed by atoms with Crippen LogP contribution in [0, 0.1) is 23.3 Å². The molecule has 0 bridgehead atoms. The fourth-order valence-electron chi connectivity index (χ4n) is 3.06. The lowest BCUT2D eigenvalue weighted by Gasteiger charge is -2.13. The zero-order chi connectivity index (χ0) is 24.6. The second-order valence-electron chi connectivity index (χ2n) is 6.75. The average Bonchev–Trinajstić information content (AvgIpc) is 3.24. The van der Waals surface area contributed by atoms with Crippen LogP contribution in [0.4, 0.5) is 23.2 Å². The third kappa shape index (κ3) is 4.27. The summed E-state index contributed by atoms with van der Waals surface area (Å²) in [4.78, 5) is 16.7. The van der Waals surface area contributed by atoms with Gasteiger partial charge in [0, 0.05) is 5.56 Å². The molecule has 4 rings (SSSR count). The molecule has 0 saturated carbocycles. The number of amides is 1. The Morgan fingerprint density at radius 1 is 1.06 bits per heavy atom. The summed E-state index contributed by atoms with van der Waals surface area (Å²) in [6.45, 7) is 0. The molecule has 1 aromatic heterocycles. The van der Waals surface area contributed by atoms with E-state index in [1.54, 1.807) is 30.3 Å². The fraction of sp³-hybridized carbons (Fsp3) is 0.0455. The number of halogens is 5. The summed E-state index contributed by atoms with van der Waals surface area (Å²) in [6.07, 6.45) is 0. The molecule has 4 aromatic rings. The summed E-state index contributed by atoms with van der Waals surface area (Å²) in [5.74, 6) is -10.1. The molecule has 0 aliphatic heterocycles. The van der Waals surface area contributed by atoms with Crippen molar-refractivity contribution >= 4 is 51.6 Å². The average molecular weight is 510 g/mol. The number of fused-ring (bicyclic) bond motifs is 1. The van der Waals surface area contributed by atoms with Gasteiger partial charge in [-0.25, -0.2) is 13.8 Å². The summed E-state index contributed by atoms with van der Waals surface area (Å²) in [5.41, 5.74) is 0.389. The van der Waals surface area contributed by atoms with Gasteiger partial charge in [-0.15, -0.1) is 0 Å². The van der Waals surface area contributed by atoms with Gasteiger partial charge in [0.2, 0.25) is 17.5 Å². The van der Waals surface area contributed by atoms with E-state index in [1.165, 1.54) is 12.1 Å². The molecule has 2 N–H and O–H groups in total. The maximum absolute atomic E-state index is 14.2. The van der Waals surface area contributed by atoms with Crippen LogP contribution < -0.4 is 15.4 Å². The Hall–Kier alpha value is -3.70. The second kappa shape index (κ2) is 9.27. The number of nitrogens with zero attached hydrogens (tertiary/aromatic N) is 1. The van der Waals surface area contributed by atoms with Crippen molar-refractivity contribution in [2.24, 2.45) is 0 Å². The van der Waals surface area contributed by atoms with Crippen LogP contribution in [0.2, 0.25) is 5.02 Å². The topological polar surface area (TPSA) is 76.4 Å². The number of oxazole rings is 1. The molecule has 174 valence electrons. The molecule has 34 heavy (non-hydrogen) atoms. The highest BCUT2D eigenvalue weighted by Gasteiger charge is 2.30. The summed E-state index contributed by atoms with van der Waals surface area (Å²) in [6, 6.07) is 11.8. The summed E-state index contributed by atoms with van der Waals surface area (Å²) in [5, 5.41) is 4.27. The van der Waals surface area contributed by atoms with E-state index in [-0.39, 0.29) is 16.6 Å². The molecule has 6 nitrogen and oxygen atoms in total. The van der Waals surface area contributed by atoms with Gasteiger partial charge in [-0.2, -0.15) is 8.78 Å². The third-order valence-corrected chi connectivity index (χ3v) is 5.17. The number of para-hydroxylation sites is 2. The first-order valence-electron chi connectivity index (χ1n) is 9.39. The minimum Gasteiger partial charge on any atom is -0.491 e. The molecular formula is C22H12ClF4N3O3S. The maximum atomic E-state index is 14.2. The molecule has 1 heterocycles. The first kappa shape index (κ1) is 23.5. The Morgan fingerprint density at radius 2 is 1.74 bits per heavy atom. The van der Waals surface area contributed by atoms with Gasteiger partial charge in [-0.1, -0.05) is 23.7 Å². The highest BCUT2D eigenvalue weighted by atomic mass is 35.5. The minimum atomic E-state index is -1.94. The van der Waals surface area contributed by atoms with Gasteiger partial charge in [0.1, 0.15) is 11.1 Å². The monoisotopic (exact) mass is 509 g/mol. The first-order valence-corrected chi connectivity index (χ1v) is 10.2. The van der Waals surface area contributed by atoms with Gasteiger partial charge in [0.15, 0.2) is 28.1 Å². The number of hydrogen-bond donors (Lipinski definition) is 2. The number of carbonyl (C=O) groups excluding carboxylic acids is 1. The lowest BCUT2D eigenvalue weighted by Crippen LogP contribution is -2.35. The van der Waals surface area contributed by atoms with Crippen LogP contribution in [-0.4, -0.2) is 23.1 Å². The number of rotatable bonds is 4. The smallest absolute Gasteiger partial charge is 0.263 e. The Balaban J connectivity index is 1.57. The molecule has 12 heteroatoms. The number of hydrogen-bond acceptors (Lipinski definition) is 5. The molecule has 0 saturated heterocycles. The number of thiocarbonyl (C=S) groups is 1. The molecule has 0 aliphatic rings. The van der Waals surface area contributed by atoms with Crippen LogP contribution in [0.5, 0.6) is 5.75 Å². The minimum absolute atomic E-state index is 0.176. The molecule has 3 aromatic carbocycles. The molecular weight excluding hydrogens is 498 g/mol. The van der Waals surface area contributed by atoms with E-state index < -0.39 is 45.6 Å². The zero-order valence-corrected chi connectivity index (χ0v) is 18.6. The van der Waals surface area contributed by atoms with Gasteiger partial charge in [0.05, 0.1) is 17.8 Å². The van der Waals surface area contributed by atoms with Crippen LogP contribution in [0.1, 0.15) is 10.4 Å². The van der Waals surface area contributed by atoms with E-state index in [9.17, 15) is 22.4 Å². The van der Waals surface area contributed by atoms with Crippen molar-refractivity contribution in [3.63, 3.8) is 0 Å². The molecule has 1 amide bonds. The first-order chi connectivity index (χ1) is 16.2. The van der Waals surface area contributed by atoms with E-state index in [1.807, 2.05) is 5.32 Å². The standard InChI is InChI=1S/C22H12ClF4N3O3S/c1-32-19-17(26)15(24)14(16(25)18(19)27)20(31)30-22(34)29-12-8-9(6-7-10(12)23)21-28-11-4-2-3-5-13(11)33-21/h2-8H,1H3,(H2,29,30,31,34). The lowest BCUT2D eigenvalue weighted by molar-refractivity contribution is 0.0966. The Labute approximate surface area is 199 Å². The maximum Gasteiger partial charge on any atom is 0.263 e. The molecule has 0 radical (unpaired) electrons. The van der Waals surface area contributed by atoms with Gasteiger partial charge in [-0.3, -0.25) is 10.1 Å². The number of ether oxygens (including phenoxy) is 1. The van der Waals surface area contributed by atoms with E-state index >= 15 is 0 Å². The largest absolute Gasteiger partial charge is 0.491 e. The van der Waals surface area contributed by atoms with E-state index in [0.29, 0.717) is 16.7 Å². The molecule has 0 unspecified atom stereocenters. The number of nitrogens with one attached hydrogen (secondary N) is 2. The predicted molar refractivity (Wildman–Crippen MR) is 121 cm³/mol. The third-order valence-electron chi connectivity index (χ3n) is 4.64. The van der Waals surface area contributed by atoms with Crippen LogP contribution in [0.25, 0.3) is 22.6 Å². The Bertz CT molecular complexity index is 1400. The Morgan fingerprint density at radius 3 is 2.38 bits per heavy atom. The zero-order valence-electron chi connectivity index (χ0n) is 17.0. The summed E-state index contributed by atoms with van der Waals surface area (Å²) < 4.78 is 66.2. The molecule has 0 fully saturated rings. The highest BCUT2D eigenvalue weighted by molar-refractivity contribution is 7.80. The fourth-order valence-corrected chi connectivity index (χ4v) is 3.43. The van der Waals surface area contributed by atoms with Crippen molar-refractivity contribution in [1.29, 1.82) is 0 Å². The number of aromatic nitrogens is 1. The summed E-state index contributed by atoms with van der Waals surface area (Å²) in [7, 11) is 0.817. The number of carbonyl (C=O) groups is 1. The van der Waals surface area contributed by atoms with Gasteiger partial charge in [-0.05, 0) is 42.5 Å². The SMILES string of the molecule is COc1c(F)c(F)c(C(=O)NC(=S)Nc2cc(-c3nc4ccccc4o3)ccc2Cl)c(F)c1F. The molecule has 0 atom stereocenters. The van der Waals surface area contributed by atoms with Crippen LogP contribution in [-0.2, 0) is 0 Å². The highest BCUT2D eigenvalue weighted by Crippen LogP contribution is 2.31. The van der Waals surface area contributed by atoms with Crippen molar-refractivity contribution in [3.8, 4) is 17.2 Å². The quantitative estimate of drug-likeness (QED) is 0.204. The normalized spacial score (nSPS) is 10.9. The van der Waals surface area contributed by atoms with Crippen LogP contribution in [0.15, 0.2) is 46.9 Å². The van der Waals surface area contributed by atoms with Crippen LogP contribution in [0.3, 0.4) is 0 Å². The molecule has 0 aliphatic carbocycles.